The lowest BCUT2D eigenvalue weighted by Gasteiger charge is -2.19. The van der Waals surface area contributed by atoms with Crippen LogP contribution in [0.25, 0.3) is 0 Å². The second-order valence-corrected chi connectivity index (χ2v) is 8.99. The van der Waals surface area contributed by atoms with Crippen LogP contribution in [0.15, 0.2) is 53.4 Å². The summed E-state index contributed by atoms with van der Waals surface area (Å²) < 4.78 is 56.0. The van der Waals surface area contributed by atoms with Gasteiger partial charge in [0.1, 0.15) is 12.4 Å². The van der Waals surface area contributed by atoms with Crippen LogP contribution in [0.2, 0.25) is 0 Å². The maximum absolute atomic E-state index is 12.6. The largest absolute Gasteiger partial charge is 0.488 e. The summed E-state index contributed by atoms with van der Waals surface area (Å²) >= 11 is 0. The first-order valence-corrected chi connectivity index (χ1v) is 11.8. The first kappa shape index (κ1) is 25.5. The Balaban J connectivity index is 1.92. The molecular weight excluding hydrogens is 440 g/mol. The van der Waals surface area contributed by atoms with Crippen molar-refractivity contribution in [2.24, 2.45) is 0 Å². The fourth-order valence-corrected chi connectivity index (χ4v) is 4.52. The van der Waals surface area contributed by atoms with Gasteiger partial charge < -0.3 is 15.4 Å². The Morgan fingerprint density at radius 3 is 2.34 bits per heavy atom. The molecule has 0 heterocycles. The maximum atomic E-state index is 12.6. The number of nitrogens with zero attached hydrogens (tertiary/aromatic N) is 1. The summed E-state index contributed by atoms with van der Waals surface area (Å²) in [5, 5.41) is 5.49. The first-order chi connectivity index (χ1) is 15.2. The number of ether oxygens (including phenoxy) is 1. The van der Waals surface area contributed by atoms with Gasteiger partial charge in [0.2, 0.25) is 10.0 Å². The molecule has 0 saturated carbocycles. The number of amides is 2. The molecule has 2 N–H and O–H groups in total. The van der Waals surface area contributed by atoms with Gasteiger partial charge in [-0.15, -0.1) is 0 Å². The Labute approximate surface area is 187 Å². The third-order valence-corrected chi connectivity index (χ3v) is 6.86. The molecule has 32 heavy (non-hydrogen) atoms. The molecule has 0 bridgehead atoms. The van der Waals surface area contributed by atoms with Crippen molar-refractivity contribution >= 4 is 16.1 Å². The first-order valence-electron chi connectivity index (χ1n) is 10.3. The number of carbonyl (C=O) groups excluding carboxylic acids is 1. The van der Waals surface area contributed by atoms with E-state index in [1.807, 2.05) is 0 Å². The van der Waals surface area contributed by atoms with Crippen LogP contribution in [0.1, 0.15) is 37.9 Å². The number of sulfonamides is 1. The molecule has 2 aromatic carbocycles. The number of hydrogen-bond acceptors (Lipinski definition) is 4. The predicted octanol–water partition coefficient (Wildman–Crippen LogP) is 3.92. The lowest BCUT2D eigenvalue weighted by atomic mass is 10.1. The molecule has 7 nitrogen and oxygen atoms in total. The Morgan fingerprint density at radius 2 is 1.75 bits per heavy atom. The van der Waals surface area contributed by atoms with Gasteiger partial charge in [-0.25, -0.2) is 22.0 Å². The molecule has 2 aromatic rings. The molecule has 176 valence electrons. The number of carbonyl (C=O) groups is 1. The Hall–Kier alpha value is -2.72. The van der Waals surface area contributed by atoms with Crippen molar-refractivity contribution in [3.63, 3.8) is 0 Å². The fraction of sp³-hybridized carbons (Fsp3) is 0.409. The van der Waals surface area contributed by atoms with E-state index in [2.05, 4.69) is 10.6 Å². The van der Waals surface area contributed by atoms with Crippen molar-refractivity contribution in [1.29, 1.82) is 0 Å². The monoisotopic (exact) mass is 469 g/mol. The van der Waals surface area contributed by atoms with E-state index >= 15 is 0 Å². The van der Waals surface area contributed by atoms with Crippen LogP contribution >= 0.6 is 0 Å². The molecule has 1 unspecified atom stereocenters. The topological polar surface area (TPSA) is 87.7 Å². The zero-order valence-electron chi connectivity index (χ0n) is 18.3. The van der Waals surface area contributed by atoms with Gasteiger partial charge in [0.05, 0.1) is 10.9 Å². The third kappa shape index (κ3) is 7.16. The van der Waals surface area contributed by atoms with Crippen LogP contribution in [0.3, 0.4) is 0 Å². The van der Waals surface area contributed by atoms with Gasteiger partial charge in [0.25, 0.3) is 6.43 Å². The minimum Gasteiger partial charge on any atom is -0.488 e. The SMILES string of the molecule is CCN(CC)S(=O)(=O)c1ccc(C(C)NC(=O)NCc2cccc(OCC(F)F)c2)cc1. The number of hydrogen-bond donors (Lipinski definition) is 2. The van der Waals surface area contributed by atoms with Crippen LogP contribution in [0.4, 0.5) is 13.6 Å². The van der Waals surface area contributed by atoms with Crippen molar-refractivity contribution < 1.29 is 26.7 Å². The van der Waals surface area contributed by atoms with Crippen molar-refractivity contribution in [2.75, 3.05) is 19.7 Å². The molecule has 0 fully saturated rings. The van der Waals surface area contributed by atoms with Crippen LogP contribution in [0.5, 0.6) is 5.75 Å². The van der Waals surface area contributed by atoms with Gasteiger partial charge in [-0.05, 0) is 42.3 Å². The minimum atomic E-state index is -3.54. The summed E-state index contributed by atoms with van der Waals surface area (Å²) in [5.74, 6) is 0.304. The summed E-state index contributed by atoms with van der Waals surface area (Å²) in [4.78, 5) is 12.4. The highest BCUT2D eigenvalue weighted by Crippen LogP contribution is 2.19. The Kier molecular flexibility index (Phi) is 9.40. The number of rotatable bonds is 11. The smallest absolute Gasteiger partial charge is 0.315 e. The minimum absolute atomic E-state index is 0.186. The van der Waals surface area contributed by atoms with Crippen LogP contribution in [-0.4, -0.2) is 44.9 Å². The van der Waals surface area contributed by atoms with E-state index in [-0.39, 0.29) is 17.5 Å². The summed E-state index contributed by atoms with van der Waals surface area (Å²) in [6.07, 6.45) is -2.56. The summed E-state index contributed by atoms with van der Waals surface area (Å²) in [6.45, 7) is 5.63. The standard InChI is InChI=1S/C22H29F2N3O4S/c1-4-27(5-2)32(29,30)20-11-9-18(10-12-20)16(3)26-22(28)25-14-17-7-6-8-19(13-17)31-15-21(23)24/h6-13,16,21H,4-5,14-15H2,1-3H3,(H2,25,26,28). The number of halogens is 2. The molecule has 10 heteroatoms. The average Bonchev–Trinajstić information content (AvgIpc) is 2.77. The lowest BCUT2D eigenvalue weighted by molar-refractivity contribution is 0.0818. The van der Waals surface area contributed by atoms with E-state index in [0.29, 0.717) is 24.4 Å². The molecule has 2 rings (SSSR count). The van der Waals surface area contributed by atoms with Crippen LogP contribution < -0.4 is 15.4 Å². The molecule has 0 radical (unpaired) electrons. The van der Waals surface area contributed by atoms with Crippen LogP contribution in [0, 0.1) is 0 Å². The van der Waals surface area contributed by atoms with Crippen molar-refractivity contribution in [3.05, 3.63) is 59.7 Å². The summed E-state index contributed by atoms with van der Waals surface area (Å²) in [6, 6.07) is 12.2. The maximum Gasteiger partial charge on any atom is 0.315 e. The van der Waals surface area contributed by atoms with E-state index < -0.39 is 29.1 Å². The molecule has 1 atom stereocenters. The normalized spacial score (nSPS) is 12.6. The lowest BCUT2D eigenvalue weighted by Crippen LogP contribution is -2.36. The average molecular weight is 470 g/mol. The summed E-state index contributed by atoms with van der Waals surface area (Å²) in [5.41, 5.74) is 1.45. The zero-order chi connectivity index (χ0) is 23.7. The van der Waals surface area contributed by atoms with E-state index in [0.717, 1.165) is 5.56 Å². The van der Waals surface area contributed by atoms with Gasteiger partial charge >= 0.3 is 6.03 Å². The Bertz CT molecular complexity index is 981. The van der Waals surface area contributed by atoms with E-state index in [9.17, 15) is 22.0 Å². The summed E-state index contributed by atoms with van der Waals surface area (Å²) in [7, 11) is -3.54. The highest BCUT2D eigenvalue weighted by molar-refractivity contribution is 7.89. The Morgan fingerprint density at radius 1 is 1.09 bits per heavy atom. The van der Waals surface area contributed by atoms with Gasteiger partial charge in [0.15, 0.2) is 0 Å². The molecule has 0 aliphatic carbocycles. The number of nitrogens with one attached hydrogen (secondary N) is 2. The van der Waals surface area contributed by atoms with Gasteiger partial charge in [-0.3, -0.25) is 0 Å². The van der Waals surface area contributed by atoms with E-state index in [4.69, 9.17) is 4.74 Å². The van der Waals surface area contributed by atoms with Crippen molar-refractivity contribution in [1.82, 2.24) is 14.9 Å². The molecule has 0 aromatic heterocycles. The highest BCUT2D eigenvalue weighted by atomic mass is 32.2. The van der Waals surface area contributed by atoms with Gasteiger partial charge in [-0.1, -0.05) is 38.1 Å². The number of benzene rings is 2. The van der Waals surface area contributed by atoms with E-state index in [1.54, 1.807) is 57.2 Å². The molecular formula is C22H29F2N3O4S. The van der Waals surface area contributed by atoms with E-state index in [1.165, 1.54) is 16.4 Å². The quantitative estimate of drug-likeness (QED) is 0.522. The number of alkyl halides is 2. The molecule has 0 spiro atoms. The highest BCUT2D eigenvalue weighted by Gasteiger charge is 2.21. The van der Waals surface area contributed by atoms with Crippen molar-refractivity contribution in [3.8, 4) is 5.75 Å². The van der Waals surface area contributed by atoms with Crippen molar-refractivity contribution in [2.45, 2.75) is 44.7 Å². The predicted molar refractivity (Wildman–Crippen MR) is 118 cm³/mol. The molecule has 0 saturated heterocycles. The molecule has 0 aliphatic rings. The van der Waals surface area contributed by atoms with Gasteiger partial charge in [0, 0.05) is 19.6 Å². The fourth-order valence-electron chi connectivity index (χ4n) is 3.06. The van der Waals surface area contributed by atoms with Gasteiger partial charge in [-0.2, -0.15) is 4.31 Å². The second-order valence-electron chi connectivity index (χ2n) is 7.06. The third-order valence-electron chi connectivity index (χ3n) is 4.80. The second kappa shape index (κ2) is 11.8. The van der Waals surface area contributed by atoms with Crippen LogP contribution in [-0.2, 0) is 16.6 Å². The molecule has 2 amide bonds. The molecule has 0 aliphatic heterocycles. The number of urea groups is 1. The zero-order valence-corrected chi connectivity index (χ0v) is 19.2.